The van der Waals surface area contributed by atoms with Crippen LogP contribution in [0, 0.1) is 17.2 Å². The molecule has 0 aliphatic carbocycles. The van der Waals surface area contributed by atoms with Crippen LogP contribution in [-0.4, -0.2) is 29.2 Å². The zero-order chi connectivity index (χ0) is 12.3. The standard InChI is InChI=1S/C9H9N7O/c10-2-7-4-12-14-9(7)16-5-6(1-8(16)17)3-13-15-11/h4,6H,1,3,5H2,(H,12,14). The van der Waals surface area contributed by atoms with Gasteiger partial charge in [-0.1, -0.05) is 5.11 Å². The number of amides is 1. The predicted octanol–water partition coefficient (Wildman–Crippen LogP) is 0.945. The Bertz CT molecular complexity index is 522. The number of carbonyl (C=O) groups excluding carboxylic acids is 1. The summed E-state index contributed by atoms with van der Waals surface area (Å²) in [6, 6.07) is 1.96. The maximum atomic E-state index is 11.7. The van der Waals surface area contributed by atoms with E-state index < -0.39 is 0 Å². The Balaban J connectivity index is 2.16. The Morgan fingerprint density at radius 2 is 2.65 bits per heavy atom. The summed E-state index contributed by atoms with van der Waals surface area (Å²) in [4.78, 5) is 15.9. The molecule has 2 heterocycles. The Kier molecular flexibility index (Phi) is 2.94. The zero-order valence-corrected chi connectivity index (χ0v) is 8.87. The second-order valence-electron chi connectivity index (χ2n) is 3.73. The fourth-order valence-corrected chi connectivity index (χ4v) is 1.84. The van der Waals surface area contributed by atoms with E-state index >= 15 is 0 Å². The summed E-state index contributed by atoms with van der Waals surface area (Å²) in [6.45, 7) is 0.726. The molecule has 0 radical (unpaired) electrons. The quantitative estimate of drug-likeness (QED) is 0.473. The molecule has 8 heteroatoms. The molecule has 1 unspecified atom stereocenters. The van der Waals surface area contributed by atoms with E-state index in [1.54, 1.807) is 0 Å². The van der Waals surface area contributed by atoms with Gasteiger partial charge in [-0.05, 0) is 11.4 Å². The third-order valence-corrected chi connectivity index (χ3v) is 2.62. The second-order valence-corrected chi connectivity index (χ2v) is 3.73. The van der Waals surface area contributed by atoms with Crippen LogP contribution in [0.3, 0.4) is 0 Å². The molecule has 1 aromatic heterocycles. The topological polar surface area (TPSA) is 122 Å². The molecule has 86 valence electrons. The van der Waals surface area contributed by atoms with Crippen molar-refractivity contribution in [2.75, 3.05) is 18.0 Å². The molecule has 1 aliphatic rings. The number of azide groups is 1. The lowest BCUT2D eigenvalue weighted by Gasteiger charge is -2.13. The summed E-state index contributed by atoms with van der Waals surface area (Å²) >= 11 is 0. The molecular weight excluding hydrogens is 222 g/mol. The van der Waals surface area contributed by atoms with Crippen molar-refractivity contribution in [3.05, 3.63) is 22.2 Å². The number of H-pyrrole nitrogens is 1. The lowest BCUT2D eigenvalue weighted by molar-refractivity contribution is -0.117. The Morgan fingerprint density at radius 1 is 1.82 bits per heavy atom. The summed E-state index contributed by atoms with van der Waals surface area (Å²) in [5, 5.41) is 18.7. The molecule has 2 rings (SSSR count). The van der Waals surface area contributed by atoms with E-state index in [0.717, 1.165) is 0 Å². The van der Waals surface area contributed by atoms with Gasteiger partial charge in [0.1, 0.15) is 17.5 Å². The normalized spacial score (nSPS) is 18.9. The Labute approximate surface area is 96.5 Å². The summed E-state index contributed by atoms with van der Waals surface area (Å²) in [5.74, 6) is 0.318. The van der Waals surface area contributed by atoms with Gasteiger partial charge in [0.15, 0.2) is 0 Å². The number of hydrogen-bond acceptors (Lipinski definition) is 4. The molecule has 17 heavy (non-hydrogen) atoms. The Hall–Kier alpha value is -2.52. The van der Waals surface area contributed by atoms with Crippen LogP contribution in [0.2, 0.25) is 0 Å². The average Bonchev–Trinajstić information content (AvgIpc) is 2.92. The number of nitrogens with zero attached hydrogens (tertiary/aromatic N) is 6. The van der Waals surface area contributed by atoms with Crippen LogP contribution >= 0.6 is 0 Å². The zero-order valence-electron chi connectivity index (χ0n) is 8.87. The highest BCUT2D eigenvalue weighted by atomic mass is 16.2. The number of aromatic amines is 1. The highest BCUT2D eigenvalue weighted by molar-refractivity contribution is 5.95. The second kappa shape index (κ2) is 4.55. The number of nitriles is 1. The molecule has 0 saturated carbocycles. The van der Waals surface area contributed by atoms with Crippen LogP contribution in [0.5, 0.6) is 0 Å². The first kappa shape index (κ1) is 11.0. The number of anilines is 1. The SMILES string of the molecule is N#Cc1cn[nH]c1N1CC(CN=[N+]=[N-])CC1=O. The largest absolute Gasteiger partial charge is 0.296 e. The molecule has 0 aromatic carbocycles. The van der Waals surface area contributed by atoms with Crippen LogP contribution in [0.4, 0.5) is 5.82 Å². The highest BCUT2D eigenvalue weighted by Crippen LogP contribution is 2.25. The van der Waals surface area contributed by atoms with Crippen molar-refractivity contribution in [3.63, 3.8) is 0 Å². The van der Waals surface area contributed by atoms with Crippen molar-refractivity contribution in [2.24, 2.45) is 11.0 Å². The van der Waals surface area contributed by atoms with Gasteiger partial charge < -0.3 is 0 Å². The van der Waals surface area contributed by atoms with Gasteiger partial charge in [0.25, 0.3) is 0 Å². The maximum Gasteiger partial charge on any atom is 0.228 e. The molecule has 8 nitrogen and oxygen atoms in total. The monoisotopic (exact) mass is 231 g/mol. The number of nitrogens with one attached hydrogen (secondary N) is 1. The molecule has 1 aliphatic heterocycles. The third-order valence-electron chi connectivity index (χ3n) is 2.62. The van der Waals surface area contributed by atoms with Gasteiger partial charge in [0.2, 0.25) is 5.91 Å². The van der Waals surface area contributed by atoms with Crippen LogP contribution in [-0.2, 0) is 4.79 Å². The molecule has 1 saturated heterocycles. The first-order chi connectivity index (χ1) is 8.26. The van der Waals surface area contributed by atoms with Gasteiger partial charge in [-0.15, -0.1) is 0 Å². The minimum Gasteiger partial charge on any atom is -0.296 e. The summed E-state index contributed by atoms with van der Waals surface area (Å²) in [6.07, 6.45) is 1.70. The predicted molar refractivity (Wildman–Crippen MR) is 57.8 cm³/mol. The summed E-state index contributed by atoms with van der Waals surface area (Å²) in [7, 11) is 0. The van der Waals surface area contributed by atoms with Crippen molar-refractivity contribution in [1.29, 1.82) is 5.26 Å². The lowest BCUT2D eigenvalue weighted by atomic mass is 10.1. The van der Waals surface area contributed by atoms with Crippen molar-refractivity contribution in [2.45, 2.75) is 6.42 Å². The van der Waals surface area contributed by atoms with Crippen LogP contribution in [0.15, 0.2) is 11.3 Å². The minimum atomic E-state index is -0.0936. The first-order valence-electron chi connectivity index (χ1n) is 5.01. The van der Waals surface area contributed by atoms with Crippen LogP contribution in [0.1, 0.15) is 12.0 Å². The highest BCUT2D eigenvalue weighted by Gasteiger charge is 2.32. The van der Waals surface area contributed by atoms with Crippen molar-refractivity contribution >= 4 is 11.7 Å². The van der Waals surface area contributed by atoms with Gasteiger partial charge in [-0.3, -0.25) is 14.8 Å². The van der Waals surface area contributed by atoms with Crippen molar-refractivity contribution in [3.8, 4) is 6.07 Å². The molecule has 0 spiro atoms. The fourth-order valence-electron chi connectivity index (χ4n) is 1.84. The molecule has 1 amide bonds. The van der Waals surface area contributed by atoms with Gasteiger partial charge >= 0.3 is 0 Å². The minimum absolute atomic E-state index is 0.00626. The van der Waals surface area contributed by atoms with Gasteiger partial charge in [0, 0.05) is 24.4 Å². The summed E-state index contributed by atoms with van der Waals surface area (Å²) in [5.41, 5.74) is 8.56. The third kappa shape index (κ3) is 2.04. The summed E-state index contributed by atoms with van der Waals surface area (Å²) < 4.78 is 0. The van der Waals surface area contributed by atoms with E-state index in [0.29, 0.717) is 24.3 Å². The van der Waals surface area contributed by atoms with Crippen LogP contribution in [0.25, 0.3) is 10.4 Å². The maximum absolute atomic E-state index is 11.7. The van der Waals surface area contributed by atoms with E-state index in [-0.39, 0.29) is 18.4 Å². The molecule has 1 fully saturated rings. The van der Waals surface area contributed by atoms with Crippen molar-refractivity contribution in [1.82, 2.24) is 10.2 Å². The average molecular weight is 231 g/mol. The number of hydrogen-bond donors (Lipinski definition) is 1. The molecule has 1 aromatic rings. The molecule has 1 N–H and O–H groups in total. The Morgan fingerprint density at radius 3 is 3.35 bits per heavy atom. The van der Waals surface area contributed by atoms with Gasteiger partial charge in [-0.2, -0.15) is 10.4 Å². The van der Waals surface area contributed by atoms with Gasteiger partial charge in [-0.25, -0.2) is 0 Å². The van der Waals surface area contributed by atoms with E-state index in [1.165, 1.54) is 11.1 Å². The van der Waals surface area contributed by atoms with E-state index in [2.05, 4.69) is 20.2 Å². The number of aromatic nitrogens is 2. The fraction of sp³-hybridized carbons (Fsp3) is 0.444. The van der Waals surface area contributed by atoms with Crippen LogP contribution < -0.4 is 4.90 Å². The van der Waals surface area contributed by atoms with E-state index in [4.69, 9.17) is 10.8 Å². The number of rotatable bonds is 3. The number of carbonyl (C=O) groups is 1. The first-order valence-corrected chi connectivity index (χ1v) is 5.01. The van der Waals surface area contributed by atoms with Gasteiger partial charge in [0.05, 0.1) is 6.20 Å². The molecular formula is C9H9N7O. The van der Waals surface area contributed by atoms with E-state index in [1.807, 2.05) is 6.07 Å². The molecule has 1 atom stereocenters. The van der Waals surface area contributed by atoms with E-state index in [9.17, 15) is 4.79 Å². The smallest absolute Gasteiger partial charge is 0.228 e. The lowest BCUT2D eigenvalue weighted by Crippen LogP contribution is -2.25. The molecule has 0 bridgehead atoms. The van der Waals surface area contributed by atoms with Crippen molar-refractivity contribution < 1.29 is 4.79 Å².